The van der Waals surface area contributed by atoms with Crippen LogP contribution in [0, 0.1) is 0 Å². The zero-order valence-corrected chi connectivity index (χ0v) is 13.7. The van der Waals surface area contributed by atoms with Crippen LogP contribution < -0.4 is 5.32 Å². The third-order valence-electron chi connectivity index (χ3n) is 4.12. The summed E-state index contributed by atoms with van der Waals surface area (Å²) in [6, 6.07) is 7.64. The van der Waals surface area contributed by atoms with E-state index in [4.69, 9.17) is 0 Å². The van der Waals surface area contributed by atoms with E-state index in [1.807, 2.05) is 18.2 Å². The van der Waals surface area contributed by atoms with Gasteiger partial charge in [0.15, 0.2) is 5.69 Å². The molecule has 4 nitrogen and oxygen atoms in total. The Hall–Kier alpha value is -2.09. The average molecular weight is 355 g/mol. The molecule has 1 unspecified atom stereocenters. The number of fused-ring (bicyclic) bond motifs is 1. The molecular formula is C16H16F3N3OS. The maximum Gasteiger partial charge on any atom is 0.434 e. The molecule has 0 spiro atoms. The Labute approximate surface area is 141 Å². The molecule has 8 heteroatoms. The number of nitrogens with zero attached hydrogens (tertiary/aromatic N) is 2. The lowest BCUT2D eigenvalue weighted by Crippen LogP contribution is -2.38. The average Bonchev–Trinajstić information content (AvgIpc) is 3.18. The second-order valence-electron chi connectivity index (χ2n) is 5.65. The molecule has 0 radical (unpaired) electrons. The minimum Gasteiger partial charge on any atom is -0.331 e. The zero-order valence-electron chi connectivity index (χ0n) is 12.9. The topological polar surface area (TPSA) is 45.2 Å². The van der Waals surface area contributed by atoms with E-state index >= 15 is 0 Å². The summed E-state index contributed by atoms with van der Waals surface area (Å²) < 4.78 is 37.6. The van der Waals surface area contributed by atoms with Crippen molar-refractivity contribution in [2.24, 2.45) is 0 Å². The number of alkyl halides is 3. The largest absolute Gasteiger partial charge is 0.434 e. The molecule has 1 aromatic heterocycles. The number of benzene rings is 1. The fourth-order valence-electron chi connectivity index (χ4n) is 2.88. The Balaban J connectivity index is 1.60. The smallest absolute Gasteiger partial charge is 0.331 e. The van der Waals surface area contributed by atoms with Crippen LogP contribution in [0.15, 0.2) is 29.6 Å². The van der Waals surface area contributed by atoms with Gasteiger partial charge in [-0.3, -0.25) is 0 Å². The summed E-state index contributed by atoms with van der Waals surface area (Å²) in [5.41, 5.74) is 1.44. The molecule has 0 fully saturated rings. The molecule has 1 heterocycles. The highest BCUT2D eigenvalue weighted by Gasteiger charge is 2.34. The van der Waals surface area contributed by atoms with Gasteiger partial charge in [-0.15, -0.1) is 11.3 Å². The summed E-state index contributed by atoms with van der Waals surface area (Å²) in [5, 5.41) is 3.83. The van der Waals surface area contributed by atoms with E-state index in [9.17, 15) is 18.0 Å². The molecule has 2 aromatic rings. The molecule has 1 aliphatic carbocycles. The SMILES string of the molecule is CN(C(=O)NCc1nc(C(F)(F)F)cs1)C1CCc2ccccc21. The van der Waals surface area contributed by atoms with Crippen molar-refractivity contribution < 1.29 is 18.0 Å². The monoisotopic (exact) mass is 355 g/mol. The van der Waals surface area contributed by atoms with Crippen LogP contribution in [0.2, 0.25) is 0 Å². The number of urea groups is 1. The first-order chi connectivity index (χ1) is 11.4. The summed E-state index contributed by atoms with van der Waals surface area (Å²) in [4.78, 5) is 17.4. The molecule has 1 aliphatic rings. The van der Waals surface area contributed by atoms with Crippen molar-refractivity contribution >= 4 is 17.4 Å². The van der Waals surface area contributed by atoms with E-state index in [2.05, 4.69) is 16.4 Å². The molecule has 0 saturated carbocycles. The van der Waals surface area contributed by atoms with Gasteiger partial charge in [-0.25, -0.2) is 9.78 Å². The van der Waals surface area contributed by atoms with Crippen molar-refractivity contribution in [3.63, 3.8) is 0 Å². The third-order valence-corrected chi connectivity index (χ3v) is 4.97. The van der Waals surface area contributed by atoms with Gasteiger partial charge in [-0.1, -0.05) is 24.3 Å². The lowest BCUT2D eigenvalue weighted by molar-refractivity contribution is -0.140. The molecule has 0 saturated heterocycles. The molecule has 128 valence electrons. The van der Waals surface area contributed by atoms with E-state index in [-0.39, 0.29) is 23.6 Å². The van der Waals surface area contributed by atoms with Gasteiger partial charge in [-0.05, 0) is 24.0 Å². The Kier molecular flexibility index (Phi) is 4.49. The Morgan fingerprint density at radius 2 is 2.17 bits per heavy atom. The minimum atomic E-state index is -4.46. The maximum absolute atomic E-state index is 12.5. The van der Waals surface area contributed by atoms with Gasteiger partial charge in [-0.2, -0.15) is 13.2 Å². The van der Waals surface area contributed by atoms with E-state index in [1.165, 1.54) is 5.56 Å². The first-order valence-corrected chi connectivity index (χ1v) is 8.34. The van der Waals surface area contributed by atoms with Crippen LogP contribution >= 0.6 is 11.3 Å². The summed E-state index contributed by atoms with van der Waals surface area (Å²) in [5.74, 6) is 0. The third kappa shape index (κ3) is 3.38. The van der Waals surface area contributed by atoms with Crippen LogP contribution in [0.4, 0.5) is 18.0 Å². The molecule has 1 aromatic carbocycles. The van der Waals surface area contributed by atoms with E-state index in [0.717, 1.165) is 35.1 Å². The molecule has 0 aliphatic heterocycles. The Morgan fingerprint density at radius 1 is 1.42 bits per heavy atom. The number of carbonyl (C=O) groups excluding carboxylic acids is 1. The second kappa shape index (κ2) is 6.43. The number of nitrogens with one attached hydrogen (secondary N) is 1. The first-order valence-electron chi connectivity index (χ1n) is 7.46. The number of halogens is 3. The van der Waals surface area contributed by atoms with Crippen molar-refractivity contribution in [2.75, 3.05) is 7.05 Å². The van der Waals surface area contributed by atoms with Crippen LogP contribution in [-0.2, 0) is 19.1 Å². The summed E-state index contributed by atoms with van der Waals surface area (Å²) in [6.07, 6.45) is -2.69. The van der Waals surface area contributed by atoms with Crippen molar-refractivity contribution in [3.8, 4) is 0 Å². The standard InChI is InChI=1S/C16H16F3N3OS/c1-22(12-7-6-10-4-2-3-5-11(10)12)15(23)20-8-14-21-13(9-24-14)16(17,18)19/h2-5,9,12H,6-8H2,1H3,(H,20,23). The molecule has 3 rings (SSSR count). The molecule has 1 N–H and O–H groups in total. The van der Waals surface area contributed by atoms with Crippen LogP contribution in [0.5, 0.6) is 0 Å². The lowest BCUT2D eigenvalue weighted by atomic mass is 10.1. The molecular weight excluding hydrogens is 339 g/mol. The summed E-state index contributed by atoms with van der Waals surface area (Å²) in [6.45, 7) is -0.0156. The number of aryl methyl sites for hydroxylation is 1. The van der Waals surface area contributed by atoms with Crippen molar-refractivity contribution in [1.29, 1.82) is 0 Å². The second-order valence-corrected chi connectivity index (χ2v) is 6.59. The van der Waals surface area contributed by atoms with Gasteiger partial charge in [0.05, 0.1) is 12.6 Å². The number of thiazole rings is 1. The molecule has 0 bridgehead atoms. The highest BCUT2D eigenvalue weighted by atomic mass is 32.1. The van der Waals surface area contributed by atoms with Crippen LogP contribution in [0.25, 0.3) is 0 Å². The number of hydrogen-bond donors (Lipinski definition) is 1. The zero-order chi connectivity index (χ0) is 17.3. The van der Waals surface area contributed by atoms with E-state index in [0.29, 0.717) is 0 Å². The maximum atomic E-state index is 12.5. The van der Waals surface area contributed by atoms with Crippen molar-refractivity contribution in [3.05, 3.63) is 51.5 Å². The summed E-state index contributed by atoms with van der Waals surface area (Å²) in [7, 11) is 1.70. The number of rotatable bonds is 3. The molecule has 1 atom stereocenters. The quantitative estimate of drug-likeness (QED) is 0.905. The van der Waals surface area contributed by atoms with Gasteiger partial charge < -0.3 is 10.2 Å². The van der Waals surface area contributed by atoms with Gasteiger partial charge in [0, 0.05) is 12.4 Å². The molecule has 2 amide bonds. The van der Waals surface area contributed by atoms with Crippen molar-refractivity contribution in [1.82, 2.24) is 15.2 Å². The van der Waals surface area contributed by atoms with Crippen molar-refractivity contribution in [2.45, 2.75) is 31.6 Å². The Bertz CT molecular complexity index is 744. The van der Waals surface area contributed by atoms with Crippen LogP contribution in [0.3, 0.4) is 0 Å². The van der Waals surface area contributed by atoms with Gasteiger partial charge in [0.25, 0.3) is 0 Å². The van der Waals surface area contributed by atoms with Gasteiger partial charge in [0.2, 0.25) is 0 Å². The highest BCUT2D eigenvalue weighted by Crippen LogP contribution is 2.35. The number of aromatic nitrogens is 1. The normalized spacial score (nSPS) is 16.8. The molecule has 24 heavy (non-hydrogen) atoms. The number of amides is 2. The van der Waals surface area contributed by atoms with Crippen LogP contribution in [-0.4, -0.2) is 23.0 Å². The predicted molar refractivity (Wildman–Crippen MR) is 84.6 cm³/mol. The van der Waals surface area contributed by atoms with Gasteiger partial charge in [0.1, 0.15) is 5.01 Å². The predicted octanol–water partition coefficient (Wildman–Crippen LogP) is 3.99. The fraction of sp³-hybridized carbons (Fsp3) is 0.375. The minimum absolute atomic E-state index is 0.0109. The lowest BCUT2D eigenvalue weighted by Gasteiger charge is -2.25. The van der Waals surface area contributed by atoms with Crippen LogP contribution in [0.1, 0.15) is 34.3 Å². The Morgan fingerprint density at radius 3 is 2.88 bits per heavy atom. The number of carbonyl (C=O) groups is 1. The fourth-order valence-corrected chi connectivity index (χ4v) is 3.62. The van der Waals surface area contributed by atoms with E-state index < -0.39 is 11.9 Å². The number of hydrogen-bond acceptors (Lipinski definition) is 3. The van der Waals surface area contributed by atoms with Gasteiger partial charge >= 0.3 is 12.2 Å². The van der Waals surface area contributed by atoms with E-state index in [1.54, 1.807) is 11.9 Å². The summed E-state index contributed by atoms with van der Waals surface area (Å²) >= 11 is 0.887. The highest BCUT2D eigenvalue weighted by molar-refractivity contribution is 7.09. The first kappa shape index (κ1) is 16.8.